The number of hydrogen-bond donors (Lipinski definition) is 0. The van der Waals surface area contributed by atoms with Crippen LogP contribution in [-0.4, -0.2) is 10.6 Å². The highest BCUT2D eigenvalue weighted by molar-refractivity contribution is 9.10. The van der Waals surface area contributed by atoms with Crippen LogP contribution in [0.1, 0.15) is 19.9 Å². The topological polar surface area (TPSA) is 34.4 Å². The fourth-order valence-corrected chi connectivity index (χ4v) is 2.37. The maximum Gasteiger partial charge on any atom is 0.240 e. The van der Waals surface area contributed by atoms with E-state index < -0.39 is 0 Å². The number of rotatable bonds is 2. The predicted molar refractivity (Wildman–Crippen MR) is 67.8 cm³/mol. The van der Waals surface area contributed by atoms with Gasteiger partial charge in [-0.1, -0.05) is 12.1 Å². The summed E-state index contributed by atoms with van der Waals surface area (Å²) in [5, 5.41) is 0.964. The maximum absolute atomic E-state index is 10.4. The average molecular weight is 279 g/mol. The minimum absolute atomic E-state index is 0.316. The molecular weight excluding hydrogens is 268 g/mol. The standard InChI is InChI=1S/C12H11BrN2O/c1-8(2)15-6-11(14-7-16)9-4-3-5-10(13)12(9)15/h3-6,8H,1-2H3. The molecule has 0 saturated heterocycles. The Morgan fingerprint density at radius 2 is 2.19 bits per heavy atom. The molecule has 0 aliphatic carbocycles. The molecule has 1 aromatic carbocycles. The van der Waals surface area contributed by atoms with Gasteiger partial charge in [0.05, 0.1) is 5.52 Å². The van der Waals surface area contributed by atoms with Crippen LogP contribution in [0, 0.1) is 0 Å². The van der Waals surface area contributed by atoms with Crippen molar-refractivity contribution in [3.05, 3.63) is 28.9 Å². The molecule has 0 aliphatic heterocycles. The Morgan fingerprint density at radius 3 is 2.81 bits per heavy atom. The highest BCUT2D eigenvalue weighted by Crippen LogP contribution is 2.34. The number of aromatic nitrogens is 1. The van der Waals surface area contributed by atoms with E-state index in [2.05, 4.69) is 39.3 Å². The third-order valence-corrected chi connectivity index (χ3v) is 3.14. The number of hydrogen-bond acceptors (Lipinski definition) is 2. The number of fused-ring (bicyclic) bond motifs is 1. The van der Waals surface area contributed by atoms with Gasteiger partial charge < -0.3 is 4.57 Å². The lowest BCUT2D eigenvalue weighted by Gasteiger charge is -2.09. The first kappa shape index (κ1) is 11.1. The van der Waals surface area contributed by atoms with E-state index in [4.69, 9.17) is 0 Å². The largest absolute Gasteiger partial charge is 0.342 e. The highest BCUT2D eigenvalue weighted by atomic mass is 79.9. The van der Waals surface area contributed by atoms with Gasteiger partial charge in [0.2, 0.25) is 6.08 Å². The second-order valence-corrected chi connectivity index (χ2v) is 4.71. The molecule has 0 unspecified atom stereocenters. The van der Waals surface area contributed by atoms with E-state index in [9.17, 15) is 4.79 Å². The molecule has 2 aromatic rings. The zero-order valence-electron chi connectivity index (χ0n) is 9.07. The first-order chi connectivity index (χ1) is 7.65. The SMILES string of the molecule is CC(C)n1cc(N=C=O)c2cccc(Br)c21. The van der Waals surface area contributed by atoms with E-state index in [1.165, 1.54) is 0 Å². The molecule has 4 heteroatoms. The molecule has 0 N–H and O–H groups in total. The quantitative estimate of drug-likeness (QED) is 0.605. The molecule has 3 nitrogen and oxygen atoms in total. The summed E-state index contributed by atoms with van der Waals surface area (Å²) in [5.74, 6) is 0. The molecule has 0 amide bonds. The summed E-state index contributed by atoms with van der Waals surface area (Å²) in [6.07, 6.45) is 3.47. The summed E-state index contributed by atoms with van der Waals surface area (Å²) in [6, 6.07) is 6.18. The average Bonchev–Trinajstić information content (AvgIpc) is 2.60. The molecule has 0 fully saturated rings. The summed E-state index contributed by atoms with van der Waals surface area (Å²) in [6.45, 7) is 4.18. The van der Waals surface area contributed by atoms with Crippen LogP contribution < -0.4 is 0 Å². The zero-order chi connectivity index (χ0) is 11.7. The smallest absolute Gasteiger partial charge is 0.240 e. The lowest BCUT2D eigenvalue weighted by Crippen LogP contribution is -1.98. The normalized spacial score (nSPS) is 10.8. The van der Waals surface area contributed by atoms with Crippen molar-refractivity contribution in [3.63, 3.8) is 0 Å². The van der Waals surface area contributed by atoms with E-state index in [0.717, 1.165) is 15.4 Å². The van der Waals surface area contributed by atoms with E-state index in [1.807, 2.05) is 24.4 Å². The zero-order valence-corrected chi connectivity index (χ0v) is 10.7. The van der Waals surface area contributed by atoms with Crippen molar-refractivity contribution < 1.29 is 4.79 Å². The van der Waals surface area contributed by atoms with E-state index in [1.54, 1.807) is 6.08 Å². The van der Waals surface area contributed by atoms with Crippen LogP contribution in [0.5, 0.6) is 0 Å². The molecule has 1 heterocycles. The minimum atomic E-state index is 0.316. The summed E-state index contributed by atoms with van der Waals surface area (Å²) < 4.78 is 3.10. The molecule has 82 valence electrons. The Balaban J connectivity index is 2.87. The van der Waals surface area contributed by atoms with E-state index >= 15 is 0 Å². The Morgan fingerprint density at radius 1 is 1.44 bits per heavy atom. The Labute approximate surface area is 102 Å². The van der Waals surface area contributed by atoms with Gasteiger partial charge >= 0.3 is 0 Å². The molecule has 0 saturated carbocycles. The number of isocyanates is 1. The lowest BCUT2D eigenvalue weighted by molar-refractivity contribution is 0.565. The van der Waals surface area contributed by atoms with E-state index in [0.29, 0.717) is 11.7 Å². The van der Waals surface area contributed by atoms with Gasteiger partial charge in [-0.3, -0.25) is 0 Å². The van der Waals surface area contributed by atoms with Crippen molar-refractivity contribution in [1.29, 1.82) is 0 Å². The van der Waals surface area contributed by atoms with Crippen molar-refractivity contribution in [2.24, 2.45) is 4.99 Å². The molecule has 2 rings (SSSR count). The fraction of sp³-hybridized carbons (Fsp3) is 0.250. The van der Waals surface area contributed by atoms with Crippen LogP contribution >= 0.6 is 15.9 Å². The summed E-state index contributed by atoms with van der Waals surface area (Å²) >= 11 is 3.52. The Bertz CT molecular complexity index is 580. The minimum Gasteiger partial charge on any atom is -0.342 e. The van der Waals surface area contributed by atoms with Crippen molar-refractivity contribution >= 4 is 38.6 Å². The van der Waals surface area contributed by atoms with Gasteiger partial charge in [0, 0.05) is 22.1 Å². The lowest BCUT2D eigenvalue weighted by atomic mass is 10.2. The fourth-order valence-electron chi connectivity index (χ4n) is 1.80. The van der Waals surface area contributed by atoms with Crippen LogP contribution in [0.4, 0.5) is 5.69 Å². The molecule has 0 atom stereocenters. The van der Waals surface area contributed by atoms with Gasteiger partial charge in [0.25, 0.3) is 0 Å². The van der Waals surface area contributed by atoms with Gasteiger partial charge in [0.1, 0.15) is 5.69 Å². The Hall–Kier alpha value is -1.38. The van der Waals surface area contributed by atoms with Crippen molar-refractivity contribution in [3.8, 4) is 0 Å². The molecule has 0 aliphatic rings. The van der Waals surface area contributed by atoms with Crippen molar-refractivity contribution in [1.82, 2.24) is 4.57 Å². The van der Waals surface area contributed by atoms with Crippen molar-refractivity contribution in [2.45, 2.75) is 19.9 Å². The molecule has 16 heavy (non-hydrogen) atoms. The number of nitrogens with zero attached hydrogens (tertiary/aromatic N) is 2. The number of halogens is 1. The monoisotopic (exact) mass is 278 g/mol. The van der Waals surface area contributed by atoms with Crippen LogP contribution in [0.15, 0.2) is 33.9 Å². The predicted octanol–water partition coefficient (Wildman–Crippen LogP) is 3.95. The van der Waals surface area contributed by atoms with Gasteiger partial charge in [-0.15, -0.1) is 0 Å². The first-order valence-corrected chi connectivity index (χ1v) is 5.81. The number of para-hydroxylation sites is 1. The summed E-state index contributed by atoms with van der Waals surface area (Å²) in [5.41, 5.74) is 1.73. The summed E-state index contributed by atoms with van der Waals surface area (Å²) in [7, 11) is 0. The number of benzene rings is 1. The second kappa shape index (κ2) is 4.24. The summed E-state index contributed by atoms with van der Waals surface area (Å²) in [4.78, 5) is 14.1. The number of carbonyl (C=O) groups excluding carboxylic acids is 1. The van der Waals surface area contributed by atoms with Gasteiger partial charge in [-0.05, 0) is 35.8 Å². The van der Waals surface area contributed by atoms with Crippen LogP contribution in [0.3, 0.4) is 0 Å². The number of aliphatic imine (C=N–C) groups is 1. The van der Waals surface area contributed by atoms with Crippen LogP contribution in [-0.2, 0) is 4.79 Å². The first-order valence-electron chi connectivity index (χ1n) is 5.02. The van der Waals surface area contributed by atoms with Crippen LogP contribution in [0.2, 0.25) is 0 Å². The molecule has 0 spiro atoms. The molecule has 0 radical (unpaired) electrons. The van der Waals surface area contributed by atoms with E-state index in [-0.39, 0.29) is 0 Å². The maximum atomic E-state index is 10.4. The van der Waals surface area contributed by atoms with Gasteiger partial charge in [-0.2, -0.15) is 4.99 Å². The van der Waals surface area contributed by atoms with Gasteiger partial charge in [-0.25, -0.2) is 4.79 Å². The van der Waals surface area contributed by atoms with Crippen LogP contribution in [0.25, 0.3) is 10.9 Å². The second-order valence-electron chi connectivity index (χ2n) is 3.85. The molecule has 1 aromatic heterocycles. The molecule has 0 bridgehead atoms. The third kappa shape index (κ3) is 1.70. The highest BCUT2D eigenvalue weighted by Gasteiger charge is 2.12. The van der Waals surface area contributed by atoms with Gasteiger partial charge in [0.15, 0.2) is 0 Å². The van der Waals surface area contributed by atoms with Crippen molar-refractivity contribution in [2.75, 3.05) is 0 Å². The third-order valence-electron chi connectivity index (χ3n) is 2.50. The molecular formula is C12H11BrN2O. The Kier molecular flexibility index (Phi) is 2.95.